The van der Waals surface area contributed by atoms with Crippen LogP contribution in [0, 0.1) is 0 Å². The Labute approximate surface area is 137 Å². The van der Waals surface area contributed by atoms with Crippen molar-refractivity contribution in [2.75, 3.05) is 0 Å². The molecule has 114 valence electrons. The Bertz CT molecular complexity index is 679. The van der Waals surface area contributed by atoms with Gasteiger partial charge in [-0.2, -0.15) is 0 Å². The minimum absolute atomic E-state index is 0.265. The molecule has 2 rings (SSSR count). The topological polar surface area (TPSA) is 46.5 Å². The van der Waals surface area contributed by atoms with Crippen LogP contribution >= 0.6 is 34.5 Å². The Kier molecular flexibility index (Phi) is 5.02. The van der Waals surface area contributed by atoms with Crippen LogP contribution in [0.15, 0.2) is 12.1 Å². The lowest BCUT2D eigenvalue weighted by Gasteiger charge is -2.15. The smallest absolute Gasteiger partial charge is 0.344 e. The fourth-order valence-corrected chi connectivity index (χ4v) is 3.60. The molecule has 1 aromatic heterocycles. The van der Waals surface area contributed by atoms with Gasteiger partial charge in [-0.15, -0.1) is 11.3 Å². The van der Waals surface area contributed by atoms with Crippen LogP contribution in [0.2, 0.25) is 10.0 Å². The van der Waals surface area contributed by atoms with Crippen molar-refractivity contribution in [3.8, 4) is 5.75 Å². The third-order valence-electron chi connectivity index (χ3n) is 3.16. The van der Waals surface area contributed by atoms with Crippen molar-refractivity contribution in [3.63, 3.8) is 0 Å². The maximum absolute atomic E-state index is 11.1. The van der Waals surface area contributed by atoms with E-state index in [0.717, 1.165) is 10.1 Å². The molecule has 6 heteroatoms. The molecule has 0 saturated heterocycles. The second kappa shape index (κ2) is 6.42. The first kappa shape index (κ1) is 16.4. The number of benzene rings is 1. The number of aliphatic carboxylic acids is 1. The summed E-state index contributed by atoms with van der Waals surface area (Å²) in [7, 11) is 0. The van der Waals surface area contributed by atoms with Gasteiger partial charge in [-0.05, 0) is 29.9 Å². The van der Waals surface area contributed by atoms with Gasteiger partial charge in [0.25, 0.3) is 0 Å². The molecule has 1 aromatic carbocycles. The molecule has 0 aliphatic heterocycles. The molecule has 0 bridgehead atoms. The minimum atomic E-state index is -1.02. The zero-order valence-corrected chi connectivity index (χ0v) is 14.3. The highest BCUT2D eigenvalue weighted by Gasteiger charge is 2.21. The molecule has 3 nitrogen and oxygen atoms in total. The standard InChI is InChI=1S/C15H16Cl2O3S/c1-4-9(15(18)19)20-10-5-8-6-11(7(2)3)21-14(8)13(17)12(10)16/h5-7,9H,4H2,1-3H3,(H,18,19). The predicted octanol–water partition coefficient (Wildman–Crippen LogP) is 5.57. The van der Waals surface area contributed by atoms with E-state index in [9.17, 15) is 4.79 Å². The van der Waals surface area contributed by atoms with E-state index >= 15 is 0 Å². The quantitative estimate of drug-likeness (QED) is 0.769. The fourth-order valence-electron chi connectivity index (χ4n) is 1.95. The Balaban J connectivity index is 2.50. The molecule has 0 radical (unpaired) electrons. The number of rotatable bonds is 5. The number of carboxylic acid groups (broad SMARTS) is 1. The Morgan fingerprint density at radius 1 is 1.33 bits per heavy atom. The summed E-state index contributed by atoms with van der Waals surface area (Å²) in [6.45, 7) is 5.96. The van der Waals surface area contributed by atoms with Gasteiger partial charge in [0.15, 0.2) is 6.10 Å². The van der Waals surface area contributed by atoms with Crippen LogP contribution in [0.3, 0.4) is 0 Å². The summed E-state index contributed by atoms with van der Waals surface area (Å²) in [6, 6.07) is 3.80. The van der Waals surface area contributed by atoms with Gasteiger partial charge >= 0.3 is 5.97 Å². The zero-order valence-electron chi connectivity index (χ0n) is 11.9. The number of ether oxygens (including phenoxy) is 1. The number of carbonyl (C=O) groups is 1. The van der Waals surface area contributed by atoms with Crippen LogP contribution < -0.4 is 4.74 Å². The van der Waals surface area contributed by atoms with Gasteiger partial charge in [-0.3, -0.25) is 0 Å². The normalized spacial score (nSPS) is 12.9. The summed E-state index contributed by atoms with van der Waals surface area (Å²) in [6.07, 6.45) is -0.582. The molecule has 1 N–H and O–H groups in total. The molecule has 21 heavy (non-hydrogen) atoms. The van der Waals surface area contributed by atoms with E-state index < -0.39 is 12.1 Å². The first-order chi connectivity index (χ1) is 9.85. The lowest BCUT2D eigenvalue weighted by atomic mass is 10.1. The molecule has 0 saturated carbocycles. The van der Waals surface area contributed by atoms with E-state index in [1.807, 2.05) is 6.07 Å². The van der Waals surface area contributed by atoms with Gasteiger partial charge in [0.05, 0.1) is 9.72 Å². The Morgan fingerprint density at radius 3 is 2.52 bits per heavy atom. The average Bonchev–Trinajstić information content (AvgIpc) is 2.85. The molecule has 0 fully saturated rings. The molecule has 1 atom stereocenters. The highest BCUT2D eigenvalue weighted by molar-refractivity contribution is 7.19. The maximum atomic E-state index is 11.1. The van der Waals surface area contributed by atoms with Crippen LogP contribution in [0.25, 0.3) is 10.1 Å². The van der Waals surface area contributed by atoms with Crippen molar-refractivity contribution in [2.45, 2.75) is 39.2 Å². The average molecular weight is 347 g/mol. The molecule has 1 unspecified atom stereocenters. The van der Waals surface area contributed by atoms with Crippen molar-refractivity contribution in [1.82, 2.24) is 0 Å². The van der Waals surface area contributed by atoms with E-state index in [1.165, 1.54) is 4.88 Å². The summed E-state index contributed by atoms with van der Waals surface area (Å²) >= 11 is 14.1. The van der Waals surface area contributed by atoms with Crippen LogP contribution in [-0.4, -0.2) is 17.2 Å². The molecule has 0 amide bonds. The van der Waals surface area contributed by atoms with Crippen molar-refractivity contribution in [2.24, 2.45) is 0 Å². The minimum Gasteiger partial charge on any atom is -0.479 e. The van der Waals surface area contributed by atoms with Gasteiger partial charge in [-0.25, -0.2) is 4.79 Å². The third-order valence-corrected chi connectivity index (χ3v) is 5.59. The van der Waals surface area contributed by atoms with Gasteiger partial charge in [0.2, 0.25) is 0 Å². The fraction of sp³-hybridized carbons (Fsp3) is 0.400. The third kappa shape index (κ3) is 3.28. The van der Waals surface area contributed by atoms with Gasteiger partial charge in [0.1, 0.15) is 10.8 Å². The zero-order chi connectivity index (χ0) is 15.7. The van der Waals surface area contributed by atoms with E-state index in [-0.39, 0.29) is 5.02 Å². The van der Waals surface area contributed by atoms with Crippen molar-refractivity contribution in [1.29, 1.82) is 0 Å². The monoisotopic (exact) mass is 346 g/mol. The van der Waals surface area contributed by atoms with Gasteiger partial charge in [-0.1, -0.05) is 44.0 Å². The maximum Gasteiger partial charge on any atom is 0.344 e. The summed E-state index contributed by atoms with van der Waals surface area (Å²) in [5.74, 6) is -0.307. The largest absolute Gasteiger partial charge is 0.479 e. The summed E-state index contributed by atoms with van der Waals surface area (Å²) < 4.78 is 6.41. The molecule has 0 spiro atoms. The lowest BCUT2D eigenvalue weighted by molar-refractivity contribution is -0.145. The molecule has 2 aromatic rings. The van der Waals surface area contributed by atoms with Crippen molar-refractivity contribution in [3.05, 3.63) is 27.1 Å². The SMILES string of the molecule is CCC(Oc1cc2cc(C(C)C)sc2c(Cl)c1Cl)C(=O)O. The first-order valence-electron chi connectivity index (χ1n) is 6.66. The van der Waals surface area contributed by atoms with Crippen molar-refractivity contribution >= 4 is 50.6 Å². The lowest BCUT2D eigenvalue weighted by Crippen LogP contribution is -2.26. The number of halogens is 2. The van der Waals surface area contributed by atoms with Crippen LogP contribution in [0.4, 0.5) is 0 Å². The van der Waals surface area contributed by atoms with Gasteiger partial charge < -0.3 is 9.84 Å². The predicted molar refractivity (Wildman–Crippen MR) is 88.3 cm³/mol. The molecular formula is C15H16Cl2O3S. The van der Waals surface area contributed by atoms with Crippen LogP contribution in [0.1, 0.15) is 38.0 Å². The van der Waals surface area contributed by atoms with Gasteiger partial charge in [0, 0.05) is 4.88 Å². The highest BCUT2D eigenvalue weighted by atomic mass is 35.5. The Hall–Kier alpha value is -0.970. The van der Waals surface area contributed by atoms with E-state index in [4.69, 9.17) is 33.0 Å². The second-order valence-electron chi connectivity index (χ2n) is 5.08. The molecule has 1 heterocycles. The number of thiophene rings is 1. The number of hydrogen-bond donors (Lipinski definition) is 1. The Morgan fingerprint density at radius 2 is 2.00 bits per heavy atom. The number of carboxylic acids is 1. The summed E-state index contributed by atoms with van der Waals surface area (Å²) in [5, 5.41) is 10.7. The van der Waals surface area contributed by atoms with Crippen LogP contribution in [0.5, 0.6) is 5.75 Å². The summed E-state index contributed by atoms with van der Waals surface area (Å²) in [5.41, 5.74) is 0. The highest BCUT2D eigenvalue weighted by Crippen LogP contribution is 2.43. The van der Waals surface area contributed by atoms with Crippen molar-refractivity contribution < 1.29 is 14.6 Å². The molecular weight excluding hydrogens is 331 g/mol. The molecule has 0 aliphatic carbocycles. The second-order valence-corrected chi connectivity index (χ2v) is 6.92. The van der Waals surface area contributed by atoms with E-state index in [1.54, 1.807) is 24.3 Å². The van der Waals surface area contributed by atoms with Crippen LogP contribution in [-0.2, 0) is 4.79 Å². The first-order valence-corrected chi connectivity index (χ1v) is 8.23. The van der Waals surface area contributed by atoms with E-state index in [2.05, 4.69) is 13.8 Å². The van der Waals surface area contributed by atoms with E-state index in [0.29, 0.717) is 23.1 Å². The number of hydrogen-bond acceptors (Lipinski definition) is 3. The summed E-state index contributed by atoms with van der Waals surface area (Å²) in [4.78, 5) is 12.3. The molecule has 0 aliphatic rings. The number of fused-ring (bicyclic) bond motifs is 1.